The van der Waals surface area contributed by atoms with E-state index < -0.39 is 16.1 Å². The van der Waals surface area contributed by atoms with Crippen molar-refractivity contribution >= 4 is 15.7 Å². The van der Waals surface area contributed by atoms with E-state index in [4.69, 9.17) is 5.73 Å². The Balaban J connectivity index is 2.06. The average Bonchev–Trinajstić information content (AvgIpc) is 2.45. The second kappa shape index (κ2) is 6.26. The number of nitrogens with one attached hydrogen (secondary N) is 1. The summed E-state index contributed by atoms with van der Waals surface area (Å²) in [4.78, 5) is 0.187. The first-order valence-corrected chi connectivity index (χ1v) is 7.96. The minimum Gasteiger partial charge on any atom is -0.399 e. The van der Waals surface area contributed by atoms with Gasteiger partial charge in [-0.15, -0.1) is 0 Å². The van der Waals surface area contributed by atoms with Gasteiger partial charge in [-0.05, 0) is 42.3 Å². The summed E-state index contributed by atoms with van der Waals surface area (Å²) in [7, 11) is -3.63. The lowest BCUT2D eigenvalue weighted by atomic mass is 10.1. The van der Waals surface area contributed by atoms with Crippen molar-refractivity contribution in [2.24, 2.45) is 0 Å². The first-order chi connectivity index (χ1) is 9.88. The second-order valence-corrected chi connectivity index (χ2v) is 6.62. The van der Waals surface area contributed by atoms with Crippen molar-refractivity contribution in [1.29, 1.82) is 0 Å². The van der Waals surface area contributed by atoms with Crippen LogP contribution in [0.25, 0.3) is 0 Å². The zero-order valence-corrected chi connectivity index (χ0v) is 12.5. The Bertz CT molecular complexity index is 712. The molecule has 0 aliphatic heterocycles. The predicted molar refractivity (Wildman–Crippen MR) is 82.2 cm³/mol. The molecule has 21 heavy (non-hydrogen) atoms. The molecule has 0 spiro atoms. The van der Waals surface area contributed by atoms with Crippen molar-refractivity contribution in [3.8, 4) is 0 Å². The Hall–Kier alpha value is -1.89. The van der Waals surface area contributed by atoms with Crippen LogP contribution in [0.1, 0.15) is 17.2 Å². The molecule has 0 aromatic heterocycles. The van der Waals surface area contributed by atoms with Gasteiger partial charge in [0.25, 0.3) is 0 Å². The van der Waals surface area contributed by atoms with Crippen LogP contribution in [0.4, 0.5) is 5.69 Å². The first kappa shape index (κ1) is 15.5. The van der Waals surface area contributed by atoms with Gasteiger partial charge in [0.15, 0.2) is 0 Å². The molecule has 6 heteroatoms. The summed E-state index contributed by atoms with van der Waals surface area (Å²) in [5.74, 6) is 0. The molecule has 0 bridgehead atoms. The predicted octanol–water partition coefficient (Wildman–Crippen LogP) is 1.59. The van der Waals surface area contributed by atoms with Gasteiger partial charge >= 0.3 is 0 Å². The van der Waals surface area contributed by atoms with E-state index >= 15 is 0 Å². The minimum atomic E-state index is -3.63. The smallest absolute Gasteiger partial charge is 0.240 e. The number of rotatable bonds is 5. The lowest BCUT2D eigenvalue weighted by Gasteiger charge is -2.13. The Morgan fingerprint density at radius 3 is 2.48 bits per heavy atom. The van der Waals surface area contributed by atoms with Gasteiger partial charge in [-0.1, -0.05) is 24.3 Å². The highest BCUT2D eigenvalue weighted by atomic mass is 32.2. The number of sulfonamides is 1. The van der Waals surface area contributed by atoms with E-state index in [1.54, 1.807) is 36.4 Å². The highest BCUT2D eigenvalue weighted by Crippen LogP contribution is 2.16. The Morgan fingerprint density at radius 2 is 1.86 bits per heavy atom. The number of hydrogen-bond donors (Lipinski definition) is 3. The molecule has 0 saturated heterocycles. The third kappa shape index (κ3) is 4.04. The van der Waals surface area contributed by atoms with Crippen molar-refractivity contribution in [2.45, 2.75) is 17.9 Å². The third-order valence-corrected chi connectivity index (χ3v) is 4.51. The second-order valence-electron chi connectivity index (χ2n) is 4.85. The maximum absolute atomic E-state index is 12.1. The van der Waals surface area contributed by atoms with E-state index in [2.05, 4.69) is 4.72 Å². The molecular formula is C15H18N2O3S. The van der Waals surface area contributed by atoms with Gasteiger partial charge in [0.2, 0.25) is 10.0 Å². The van der Waals surface area contributed by atoms with E-state index in [1.165, 1.54) is 6.07 Å². The molecule has 1 unspecified atom stereocenters. The number of aliphatic hydroxyl groups is 1. The fourth-order valence-corrected chi connectivity index (χ4v) is 3.03. The summed E-state index contributed by atoms with van der Waals surface area (Å²) >= 11 is 0. The van der Waals surface area contributed by atoms with Gasteiger partial charge in [0.05, 0.1) is 11.0 Å². The maximum Gasteiger partial charge on any atom is 0.240 e. The van der Waals surface area contributed by atoms with Crippen molar-refractivity contribution in [2.75, 3.05) is 12.3 Å². The van der Waals surface area contributed by atoms with Crippen molar-refractivity contribution in [3.63, 3.8) is 0 Å². The van der Waals surface area contributed by atoms with Gasteiger partial charge in [-0.25, -0.2) is 13.1 Å². The number of nitrogen functional groups attached to an aromatic ring is 1. The molecule has 1 atom stereocenters. The van der Waals surface area contributed by atoms with Gasteiger partial charge in [0.1, 0.15) is 0 Å². The standard InChI is InChI=1S/C15H18N2O3S/c1-11-3-2-4-14(9-11)21(19,20)17-10-15(18)12-5-7-13(16)8-6-12/h2-9,15,17-18H,10,16H2,1H3. The molecule has 2 aromatic rings. The Kier molecular flexibility index (Phi) is 4.62. The quantitative estimate of drug-likeness (QED) is 0.731. The van der Waals surface area contributed by atoms with Crippen LogP contribution in [0, 0.1) is 6.92 Å². The zero-order valence-electron chi connectivity index (χ0n) is 11.7. The molecule has 0 aliphatic carbocycles. The molecule has 4 N–H and O–H groups in total. The fourth-order valence-electron chi connectivity index (χ4n) is 1.89. The highest BCUT2D eigenvalue weighted by Gasteiger charge is 2.16. The van der Waals surface area contributed by atoms with Gasteiger partial charge in [-0.2, -0.15) is 0 Å². The van der Waals surface area contributed by atoms with Crippen LogP contribution in [-0.4, -0.2) is 20.1 Å². The Labute approximate surface area is 124 Å². The third-order valence-electron chi connectivity index (χ3n) is 3.09. The summed E-state index contributed by atoms with van der Waals surface area (Å²) in [5.41, 5.74) is 7.62. The molecule has 5 nitrogen and oxygen atoms in total. The number of aryl methyl sites for hydroxylation is 1. The van der Waals surface area contributed by atoms with E-state index in [9.17, 15) is 13.5 Å². The lowest BCUT2D eigenvalue weighted by Crippen LogP contribution is -2.28. The van der Waals surface area contributed by atoms with Gasteiger partial charge in [-0.3, -0.25) is 0 Å². The molecule has 0 saturated carbocycles. The number of benzene rings is 2. The van der Waals surface area contributed by atoms with Crippen LogP contribution in [0.3, 0.4) is 0 Å². The van der Waals surface area contributed by atoms with Crippen LogP contribution in [0.15, 0.2) is 53.4 Å². The minimum absolute atomic E-state index is 0.0970. The molecule has 2 rings (SSSR count). The van der Waals surface area contributed by atoms with Crippen LogP contribution in [0.2, 0.25) is 0 Å². The normalized spacial score (nSPS) is 13.0. The molecular weight excluding hydrogens is 288 g/mol. The lowest BCUT2D eigenvalue weighted by molar-refractivity contribution is 0.182. The number of nitrogens with two attached hydrogens (primary N) is 1. The molecule has 0 radical (unpaired) electrons. The number of anilines is 1. The van der Waals surface area contributed by atoms with Crippen LogP contribution >= 0.6 is 0 Å². The summed E-state index contributed by atoms with van der Waals surface area (Å²) < 4.78 is 26.7. The highest BCUT2D eigenvalue weighted by molar-refractivity contribution is 7.89. The molecule has 2 aromatic carbocycles. The molecule has 0 amide bonds. The van der Waals surface area contributed by atoms with E-state index in [0.29, 0.717) is 11.3 Å². The van der Waals surface area contributed by atoms with Crippen LogP contribution in [-0.2, 0) is 10.0 Å². The summed E-state index contributed by atoms with van der Waals surface area (Å²) in [5, 5.41) is 10.0. The van der Waals surface area contributed by atoms with E-state index in [-0.39, 0.29) is 11.4 Å². The van der Waals surface area contributed by atoms with Crippen molar-refractivity contribution < 1.29 is 13.5 Å². The summed E-state index contributed by atoms with van der Waals surface area (Å²) in [6.45, 7) is 1.72. The Morgan fingerprint density at radius 1 is 1.19 bits per heavy atom. The number of hydrogen-bond acceptors (Lipinski definition) is 4. The van der Waals surface area contributed by atoms with E-state index in [0.717, 1.165) is 5.56 Å². The SMILES string of the molecule is Cc1cccc(S(=O)(=O)NCC(O)c2ccc(N)cc2)c1. The topological polar surface area (TPSA) is 92.4 Å². The number of aliphatic hydroxyl groups excluding tert-OH is 1. The van der Waals surface area contributed by atoms with Crippen molar-refractivity contribution in [3.05, 3.63) is 59.7 Å². The molecule has 0 heterocycles. The zero-order chi connectivity index (χ0) is 15.5. The first-order valence-electron chi connectivity index (χ1n) is 6.48. The van der Waals surface area contributed by atoms with Gasteiger partial charge < -0.3 is 10.8 Å². The van der Waals surface area contributed by atoms with Gasteiger partial charge in [0, 0.05) is 12.2 Å². The van der Waals surface area contributed by atoms with Crippen LogP contribution < -0.4 is 10.5 Å². The molecule has 0 fully saturated rings. The summed E-state index contributed by atoms with van der Waals surface area (Å²) in [6.07, 6.45) is -0.926. The molecule has 112 valence electrons. The van der Waals surface area contributed by atoms with Crippen LogP contribution in [0.5, 0.6) is 0 Å². The average molecular weight is 306 g/mol. The summed E-state index contributed by atoms with van der Waals surface area (Å²) in [6, 6.07) is 13.3. The largest absolute Gasteiger partial charge is 0.399 e. The fraction of sp³-hybridized carbons (Fsp3) is 0.200. The maximum atomic E-state index is 12.1. The van der Waals surface area contributed by atoms with Crippen molar-refractivity contribution in [1.82, 2.24) is 4.72 Å². The monoisotopic (exact) mass is 306 g/mol. The van der Waals surface area contributed by atoms with E-state index in [1.807, 2.05) is 13.0 Å². The molecule has 0 aliphatic rings.